The Balaban J connectivity index is 1.99. The van der Waals surface area contributed by atoms with E-state index in [2.05, 4.69) is 13.2 Å². The Morgan fingerprint density at radius 2 is 1.58 bits per heavy atom. The minimum atomic E-state index is -0.679. The van der Waals surface area contributed by atoms with E-state index < -0.39 is 23.3 Å². The van der Waals surface area contributed by atoms with Crippen molar-refractivity contribution in [1.82, 2.24) is 0 Å². The SMILES string of the molecule is C=C(C)C(=O)Oc1ccc(/C=C/C(=O)c2c(OC)cc3c(c2OC(=O)C(=C)C)C=CC(C)(C)O3)cc1. The van der Waals surface area contributed by atoms with E-state index in [-0.39, 0.29) is 28.2 Å². The number of carbonyl (C=O) groups excluding carboxylic acids is 3. The van der Waals surface area contributed by atoms with E-state index in [0.717, 1.165) is 0 Å². The van der Waals surface area contributed by atoms with Crippen LogP contribution in [0.1, 0.15) is 49.2 Å². The van der Waals surface area contributed by atoms with Crippen molar-refractivity contribution in [3.05, 3.63) is 83.5 Å². The molecule has 7 nitrogen and oxygen atoms in total. The normalized spacial score (nSPS) is 13.4. The van der Waals surface area contributed by atoms with Crippen LogP contribution in [0.5, 0.6) is 23.0 Å². The maximum absolute atomic E-state index is 13.3. The van der Waals surface area contributed by atoms with E-state index >= 15 is 0 Å². The molecule has 1 aliphatic rings. The Morgan fingerprint density at radius 3 is 2.17 bits per heavy atom. The highest BCUT2D eigenvalue weighted by atomic mass is 16.5. The molecule has 186 valence electrons. The average Bonchev–Trinajstić information content (AvgIpc) is 2.82. The summed E-state index contributed by atoms with van der Waals surface area (Å²) in [6.07, 6.45) is 6.50. The van der Waals surface area contributed by atoms with E-state index in [1.807, 2.05) is 19.9 Å². The second-order valence-corrected chi connectivity index (χ2v) is 8.84. The second-order valence-electron chi connectivity index (χ2n) is 8.84. The van der Waals surface area contributed by atoms with Gasteiger partial charge in [0.25, 0.3) is 0 Å². The molecule has 1 aliphatic heterocycles. The zero-order valence-corrected chi connectivity index (χ0v) is 21.0. The van der Waals surface area contributed by atoms with Crippen molar-refractivity contribution < 1.29 is 33.3 Å². The molecule has 0 unspecified atom stereocenters. The number of allylic oxidation sites excluding steroid dienone is 1. The largest absolute Gasteiger partial charge is 0.496 e. The number of ketones is 1. The van der Waals surface area contributed by atoms with Crippen molar-refractivity contribution in [3.8, 4) is 23.0 Å². The van der Waals surface area contributed by atoms with Crippen LogP contribution in [0.25, 0.3) is 12.2 Å². The van der Waals surface area contributed by atoms with Gasteiger partial charge in [0.05, 0.1) is 12.7 Å². The quantitative estimate of drug-likeness (QED) is 0.203. The number of carbonyl (C=O) groups is 3. The van der Waals surface area contributed by atoms with E-state index in [4.69, 9.17) is 18.9 Å². The van der Waals surface area contributed by atoms with Crippen LogP contribution in [0.2, 0.25) is 0 Å². The molecule has 1 heterocycles. The van der Waals surface area contributed by atoms with Gasteiger partial charge in [-0.15, -0.1) is 0 Å². The molecule has 36 heavy (non-hydrogen) atoms. The highest BCUT2D eigenvalue weighted by Crippen LogP contribution is 2.44. The van der Waals surface area contributed by atoms with Crippen LogP contribution in [-0.4, -0.2) is 30.4 Å². The molecule has 2 aromatic rings. The van der Waals surface area contributed by atoms with Crippen LogP contribution in [-0.2, 0) is 9.59 Å². The van der Waals surface area contributed by atoms with Gasteiger partial charge < -0.3 is 18.9 Å². The Bertz CT molecular complexity index is 1310. The fraction of sp³-hybridized carbons (Fsp3) is 0.207. The van der Waals surface area contributed by atoms with Gasteiger partial charge in [-0.05, 0) is 63.6 Å². The lowest BCUT2D eigenvalue weighted by Gasteiger charge is -2.29. The summed E-state index contributed by atoms with van der Waals surface area (Å²) in [5.41, 5.74) is 1.07. The number of fused-ring (bicyclic) bond motifs is 1. The van der Waals surface area contributed by atoms with Gasteiger partial charge in [0.1, 0.15) is 28.4 Å². The van der Waals surface area contributed by atoms with Crippen LogP contribution in [0, 0.1) is 0 Å². The van der Waals surface area contributed by atoms with Crippen LogP contribution >= 0.6 is 0 Å². The molecule has 0 saturated carbocycles. The van der Waals surface area contributed by atoms with Gasteiger partial charge in [-0.2, -0.15) is 0 Å². The number of esters is 2. The van der Waals surface area contributed by atoms with E-state index in [0.29, 0.717) is 22.6 Å². The zero-order chi connectivity index (χ0) is 26.6. The monoisotopic (exact) mass is 488 g/mol. The Kier molecular flexibility index (Phi) is 7.63. The van der Waals surface area contributed by atoms with Crippen molar-refractivity contribution in [2.45, 2.75) is 33.3 Å². The van der Waals surface area contributed by atoms with Crippen LogP contribution in [0.4, 0.5) is 0 Å². The topological polar surface area (TPSA) is 88.1 Å². The predicted molar refractivity (Wildman–Crippen MR) is 137 cm³/mol. The van der Waals surface area contributed by atoms with Gasteiger partial charge in [0.15, 0.2) is 11.5 Å². The Labute approximate surface area is 210 Å². The average molecular weight is 489 g/mol. The maximum Gasteiger partial charge on any atom is 0.338 e. The standard InChI is InChI=1S/C29H28O7/c1-17(2)27(31)34-20-11-8-19(9-12-20)10-13-22(30)25-24(33-7)16-23-21(14-15-29(5,6)36-23)26(25)35-28(32)18(3)4/h8-16H,1,3H2,2,4-7H3/b13-10+. The molecule has 0 saturated heterocycles. The van der Waals surface area contributed by atoms with Crippen LogP contribution in [0.15, 0.2) is 66.8 Å². The summed E-state index contributed by atoms with van der Waals surface area (Å²) in [7, 11) is 1.42. The molecular formula is C29H28O7. The van der Waals surface area contributed by atoms with E-state index in [1.165, 1.54) is 20.1 Å². The fourth-order valence-electron chi connectivity index (χ4n) is 3.25. The molecular weight excluding hydrogens is 460 g/mol. The first-order chi connectivity index (χ1) is 16.9. The number of methoxy groups -OCH3 is 1. The molecule has 7 heteroatoms. The first kappa shape index (κ1) is 26.2. The maximum atomic E-state index is 13.3. The van der Waals surface area contributed by atoms with Gasteiger partial charge in [0, 0.05) is 17.2 Å². The summed E-state index contributed by atoms with van der Waals surface area (Å²) in [6.45, 7) is 14.0. The first-order valence-electron chi connectivity index (χ1n) is 11.1. The Hall–Kier alpha value is -4.39. The lowest BCUT2D eigenvalue weighted by Crippen LogP contribution is -2.28. The second kappa shape index (κ2) is 10.5. The van der Waals surface area contributed by atoms with Gasteiger partial charge >= 0.3 is 11.9 Å². The molecule has 0 radical (unpaired) electrons. The molecule has 0 amide bonds. The van der Waals surface area contributed by atoms with Crippen molar-refractivity contribution in [3.63, 3.8) is 0 Å². The van der Waals surface area contributed by atoms with Gasteiger partial charge in [-0.3, -0.25) is 4.79 Å². The third kappa shape index (κ3) is 5.99. The summed E-state index contributed by atoms with van der Waals surface area (Å²) in [6, 6.07) is 8.19. The summed E-state index contributed by atoms with van der Waals surface area (Å²) in [5, 5.41) is 0. The highest BCUT2D eigenvalue weighted by Gasteiger charge is 2.30. The van der Waals surface area contributed by atoms with Gasteiger partial charge in [0.2, 0.25) is 0 Å². The van der Waals surface area contributed by atoms with Gasteiger partial charge in [-0.25, -0.2) is 9.59 Å². The summed E-state index contributed by atoms with van der Waals surface area (Å²) < 4.78 is 22.3. The Morgan fingerprint density at radius 1 is 0.972 bits per heavy atom. The molecule has 0 N–H and O–H groups in total. The van der Waals surface area contributed by atoms with Crippen molar-refractivity contribution >= 4 is 29.9 Å². The molecule has 0 aliphatic carbocycles. The minimum absolute atomic E-state index is 0.0285. The number of hydrogen-bond acceptors (Lipinski definition) is 7. The molecule has 0 aromatic heterocycles. The minimum Gasteiger partial charge on any atom is -0.496 e. The van der Waals surface area contributed by atoms with Crippen molar-refractivity contribution in [2.75, 3.05) is 7.11 Å². The molecule has 3 rings (SSSR count). The summed E-state index contributed by atoms with van der Waals surface area (Å²) in [5.74, 6) is -0.652. The first-order valence-corrected chi connectivity index (χ1v) is 11.1. The van der Waals surface area contributed by atoms with E-state index in [9.17, 15) is 14.4 Å². The van der Waals surface area contributed by atoms with Crippen LogP contribution in [0.3, 0.4) is 0 Å². The smallest absolute Gasteiger partial charge is 0.338 e. The number of rotatable bonds is 8. The van der Waals surface area contributed by atoms with Crippen molar-refractivity contribution in [1.29, 1.82) is 0 Å². The lowest BCUT2D eigenvalue weighted by molar-refractivity contribution is -0.131. The number of hydrogen-bond donors (Lipinski definition) is 0. The van der Waals surface area contributed by atoms with E-state index in [1.54, 1.807) is 49.4 Å². The fourth-order valence-corrected chi connectivity index (χ4v) is 3.25. The zero-order valence-electron chi connectivity index (χ0n) is 21.0. The molecule has 0 spiro atoms. The molecule has 0 fully saturated rings. The predicted octanol–water partition coefficient (Wildman–Crippen LogP) is 5.74. The molecule has 0 atom stereocenters. The van der Waals surface area contributed by atoms with Gasteiger partial charge in [-0.1, -0.05) is 31.4 Å². The lowest BCUT2D eigenvalue weighted by atomic mass is 9.96. The highest BCUT2D eigenvalue weighted by molar-refractivity contribution is 6.12. The number of ether oxygens (including phenoxy) is 4. The molecule has 0 bridgehead atoms. The number of benzene rings is 2. The third-order valence-electron chi connectivity index (χ3n) is 5.15. The van der Waals surface area contributed by atoms with Crippen molar-refractivity contribution in [2.24, 2.45) is 0 Å². The summed E-state index contributed by atoms with van der Waals surface area (Å²) >= 11 is 0. The summed E-state index contributed by atoms with van der Waals surface area (Å²) in [4.78, 5) is 37.4. The van der Waals surface area contributed by atoms with Crippen LogP contribution < -0.4 is 18.9 Å². The molecule has 2 aromatic carbocycles. The third-order valence-corrected chi connectivity index (χ3v) is 5.15.